The first-order valence-corrected chi connectivity index (χ1v) is 5.56. The summed E-state index contributed by atoms with van der Waals surface area (Å²) in [5.74, 6) is 0.491. The van der Waals surface area contributed by atoms with E-state index in [0.29, 0.717) is 5.82 Å². The summed E-state index contributed by atoms with van der Waals surface area (Å²) in [4.78, 5) is 9.11. The van der Waals surface area contributed by atoms with Crippen molar-refractivity contribution in [3.63, 3.8) is 0 Å². The van der Waals surface area contributed by atoms with Gasteiger partial charge in [-0.15, -0.1) is 0 Å². The third-order valence-corrected chi connectivity index (χ3v) is 2.61. The molecule has 4 heteroatoms. The minimum absolute atomic E-state index is 0.0777. The second kappa shape index (κ2) is 3.69. The Labute approximate surface area is 68.9 Å². The Bertz CT molecular complexity index is 222. The van der Waals surface area contributed by atoms with Gasteiger partial charge in [-0.25, -0.2) is 20.9 Å². The third kappa shape index (κ3) is 2.17. The van der Waals surface area contributed by atoms with Crippen LogP contribution in [0.5, 0.6) is 0 Å². The second-order valence-corrected chi connectivity index (χ2v) is 4.72. The van der Waals surface area contributed by atoms with Crippen LogP contribution in [0.4, 0.5) is 0 Å². The fourth-order valence-electron chi connectivity index (χ4n) is 0.661. The summed E-state index contributed by atoms with van der Waals surface area (Å²) in [5.41, 5.74) is 0. The van der Waals surface area contributed by atoms with Gasteiger partial charge < -0.3 is 5.11 Å². The van der Waals surface area contributed by atoms with Crippen molar-refractivity contribution < 1.29 is 5.11 Å². The molecule has 3 nitrogen and oxygen atoms in total. The molecule has 1 N–H and O–H groups in total. The molecule has 0 saturated carbocycles. The average molecular weight is 172 g/mol. The predicted molar refractivity (Wildman–Crippen MR) is 47.1 cm³/mol. The van der Waals surface area contributed by atoms with Crippen LogP contribution in [0.2, 0.25) is 0 Å². The molecule has 0 fully saturated rings. The van der Waals surface area contributed by atoms with Gasteiger partial charge in [0.1, 0.15) is 6.61 Å². The van der Waals surface area contributed by atoms with Crippen LogP contribution >= 0.6 is 10.9 Å². The van der Waals surface area contributed by atoms with Crippen LogP contribution in [0.1, 0.15) is 5.82 Å². The number of thiol groups is 1. The normalized spacial score (nSPS) is 11.4. The number of aliphatic hydroxyl groups is 1. The van der Waals surface area contributed by atoms with Crippen molar-refractivity contribution in [3.8, 4) is 0 Å². The third-order valence-electron chi connectivity index (χ3n) is 1.35. The molecule has 0 radical (unpaired) electrons. The lowest BCUT2D eigenvalue weighted by molar-refractivity contribution is 0.271. The fourth-order valence-corrected chi connectivity index (χ4v) is 1.24. The van der Waals surface area contributed by atoms with Gasteiger partial charge in [0.05, 0.1) is 0 Å². The molecule has 1 heterocycles. The summed E-state index contributed by atoms with van der Waals surface area (Å²) in [5, 5.41) is 8.65. The molecule has 62 valence electrons. The van der Waals surface area contributed by atoms with Crippen LogP contribution in [-0.4, -0.2) is 27.6 Å². The summed E-state index contributed by atoms with van der Waals surface area (Å²) in [6, 6.07) is 0. The van der Waals surface area contributed by atoms with E-state index in [4.69, 9.17) is 5.11 Å². The number of hydrogen-bond acceptors (Lipinski definition) is 3. The zero-order chi connectivity index (χ0) is 8.27. The van der Waals surface area contributed by atoms with E-state index < -0.39 is 0 Å². The van der Waals surface area contributed by atoms with E-state index in [1.54, 1.807) is 12.4 Å². The van der Waals surface area contributed by atoms with Gasteiger partial charge in [-0.2, -0.15) is 0 Å². The predicted octanol–water partition coefficient (Wildman–Crippen LogP) is 0.589. The molecule has 0 unspecified atom stereocenters. The molecule has 0 bridgehead atoms. The number of aliphatic hydroxyl groups excluding tert-OH is 1. The van der Waals surface area contributed by atoms with E-state index in [1.807, 2.05) is 0 Å². The molecule has 0 aliphatic rings. The minimum Gasteiger partial charge on any atom is -0.388 e. The first-order valence-electron chi connectivity index (χ1n) is 3.33. The zero-order valence-corrected chi connectivity index (χ0v) is 7.55. The zero-order valence-electron chi connectivity index (χ0n) is 6.65. The van der Waals surface area contributed by atoms with E-state index in [-0.39, 0.29) is 17.5 Å². The van der Waals surface area contributed by atoms with Crippen molar-refractivity contribution in [3.05, 3.63) is 18.2 Å². The molecule has 1 aromatic rings. The molecule has 0 amide bonds. The maximum absolute atomic E-state index is 8.65. The number of aromatic nitrogens is 2. The molecule has 0 saturated heterocycles. The maximum Gasteiger partial charge on any atom is 0.153 e. The summed E-state index contributed by atoms with van der Waals surface area (Å²) in [6.07, 6.45) is 7.85. The van der Waals surface area contributed by atoms with Crippen LogP contribution in [0.25, 0.3) is 0 Å². The highest BCUT2D eigenvalue weighted by molar-refractivity contribution is 8.15. The lowest BCUT2D eigenvalue weighted by atomic mass is 10.6. The number of hydrogen-bond donors (Lipinski definition) is 2. The molecule has 0 spiro atoms. The van der Waals surface area contributed by atoms with Crippen LogP contribution in [-0.2, 0) is 6.61 Å². The van der Waals surface area contributed by atoms with Gasteiger partial charge >= 0.3 is 0 Å². The van der Waals surface area contributed by atoms with Gasteiger partial charge in [-0.3, -0.25) is 0 Å². The Hall–Kier alpha value is -0.610. The Balaban J connectivity index is 2.83. The lowest BCUT2D eigenvalue weighted by Crippen LogP contribution is -1.93. The second-order valence-electron chi connectivity index (χ2n) is 2.41. The minimum atomic E-state index is -0.120. The highest BCUT2D eigenvalue weighted by Crippen LogP contribution is 2.25. The summed E-state index contributed by atoms with van der Waals surface area (Å²) < 4.78 is 0. The summed E-state index contributed by atoms with van der Waals surface area (Å²) in [7, 11) is -0.120. The molecule has 1 aromatic heterocycles. The van der Waals surface area contributed by atoms with Crippen molar-refractivity contribution in [2.45, 2.75) is 11.5 Å². The first kappa shape index (κ1) is 8.49. The van der Waals surface area contributed by atoms with Crippen LogP contribution < -0.4 is 0 Å². The van der Waals surface area contributed by atoms with Crippen molar-refractivity contribution in [1.82, 2.24) is 9.97 Å². The first-order chi connectivity index (χ1) is 5.24. The number of rotatable bonds is 2. The van der Waals surface area contributed by atoms with E-state index in [0.717, 1.165) is 4.90 Å². The van der Waals surface area contributed by atoms with Gasteiger partial charge in [0.25, 0.3) is 0 Å². The van der Waals surface area contributed by atoms with E-state index >= 15 is 0 Å². The Morgan fingerprint density at radius 3 is 2.27 bits per heavy atom. The molecule has 1 rings (SSSR count). The standard InChI is InChI=1S/C7H12N2OS/c1-11(2)6-3-8-7(5-10)9-4-6/h3-4,10-11H,5H2,1-2H3. The SMILES string of the molecule is C[SH](C)c1cnc(CO)nc1. The molecule has 0 aliphatic carbocycles. The highest BCUT2D eigenvalue weighted by atomic mass is 32.2. The van der Waals surface area contributed by atoms with Crippen molar-refractivity contribution in [2.75, 3.05) is 12.5 Å². The van der Waals surface area contributed by atoms with Gasteiger partial charge in [-0.05, 0) is 12.5 Å². The van der Waals surface area contributed by atoms with Crippen molar-refractivity contribution >= 4 is 10.9 Å². The van der Waals surface area contributed by atoms with Gasteiger partial charge in [-0.1, -0.05) is 0 Å². The van der Waals surface area contributed by atoms with Gasteiger partial charge in [0, 0.05) is 17.3 Å². The van der Waals surface area contributed by atoms with E-state index in [1.165, 1.54) is 0 Å². The smallest absolute Gasteiger partial charge is 0.153 e. The monoisotopic (exact) mass is 172 g/mol. The van der Waals surface area contributed by atoms with Gasteiger partial charge in [0.2, 0.25) is 0 Å². The van der Waals surface area contributed by atoms with E-state index in [9.17, 15) is 0 Å². The molecule has 0 aliphatic heterocycles. The molecule has 0 aromatic carbocycles. The Morgan fingerprint density at radius 1 is 1.36 bits per heavy atom. The largest absolute Gasteiger partial charge is 0.388 e. The van der Waals surface area contributed by atoms with Crippen molar-refractivity contribution in [2.24, 2.45) is 0 Å². The van der Waals surface area contributed by atoms with Crippen LogP contribution in [0, 0.1) is 0 Å². The summed E-state index contributed by atoms with van der Waals surface area (Å²) >= 11 is 0. The maximum atomic E-state index is 8.65. The van der Waals surface area contributed by atoms with Crippen molar-refractivity contribution in [1.29, 1.82) is 0 Å². The highest BCUT2D eigenvalue weighted by Gasteiger charge is 1.96. The number of nitrogens with zero attached hydrogens (tertiary/aromatic N) is 2. The lowest BCUT2D eigenvalue weighted by Gasteiger charge is -2.07. The van der Waals surface area contributed by atoms with Crippen LogP contribution in [0.3, 0.4) is 0 Å². The fraction of sp³-hybridized carbons (Fsp3) is 0.429. The molecular weight excluding hydrogens is 160 g/mol. The topological polar surface area (TPSA) is 46.0 Å². The van der Waals surface area contributed by atoms with Gasteiger partial charge in [0.15, 0.2) is 5.82 Å². The van der Waals surface area contributed by atoms with E-state index in [2.05, 4.69) is 22.5 Å². The molecule has 0 atom stereocenters. The Morgan fingerprint density at radius 2 is 1.91 bits per heavy atom. The Kier molecular flexibility index (Phi) is 2.84. The summed E-state index contributed by atoms with van der Waals surface area (Å²) in [6.45, 7) is -0.0777. The quantitative estimate of drug-likeness (QED) is 0.642. The molecular formula is C7H12N2OS. The van der Waals surface area contributed by atoms with Crippen LogP contribution in [0.15, 0.2) is 17.3 Å². The average Bonchev–Trinajstić information content (AvgIpc) is 2.05. The molecule has 11 heavy (non-hydrogen) atoms.